The highest BCUT2D eigenvalue weighted by Gasteiger charge is 2.46. The Labute approximate surface area is 194 Å². The van der Waals surface area contributed by atoms with Crippen LogP contribution in [0.25, 0.3) is 22.3 Å². The highest BCUT2D eigenvalue weighted by molar-refractivity contribution is 5.90. The van der Waals surface area contributed by atoms with Gasteiger partial charge in [-0.05, 0) is 36.2 Å². The maximum atomic E-state index is 13.5. The Balaban J connectivity index is 1.70. The number of esters is 2. The van der Waals surface area contributed by atoms with Crippen LogP contribution in [-0.4, -0.2) is 40.3 Å². The number of hydrogen-bond donors (Lipinski definition) is 1. The fraction of sp³-hybridized carbons (Fsp3) is 0.360. The van der Waals surface area contributed by atoms with E-state index in [0.717, 1.165) is 34.2 Å². The first-order valence-corrected chi connectivity index (χ1v) is 11.1. The van der Waals surface area contributed by atoms with Crippen LogP contribution in [0.5, 0.6) is 5.75 Å². The highest BCUT2D eigenvalue weighted by Crippen LogP contribution is 2.40. The number of carbonyl (C=O) groups excluding carboxylic acids is 2. The predicted molar refractivity (Wildman–Crippen MR) is 121 cm³/mol. The molecule has 0 saturated heterocycles. The summed E-state index contributed by atoms with van der Waals surface area (Å²) in [5.74, 6) is -0.682. The Morgan fingerprint density at radius 1 is 1.26 bits per heavy atom. The molecule has 1 aromatic carbocycles. The van der Waals surface area contributed by atoms with Crippen molar-refractivity contribution in [1.82, 2.24) is 9.55 Å². The number of benzene rings is 1. The van der Waals surface area contributed by atoms with Crippen molar-refractivity contribution in [3.05, 3.63) is 56.9 Å². The molecule has 0 radical (unpaired) electrons. The second kappa shape index (κ2) is 7.95. The van der Waals surface area contributed by atoms with Crippen LogP contribution < -0.4 is 10.3 Å². The average Bonchev–Trinajstić information content (AvgIpc) is 3.18. The van der Waals surface area contributed by atoms with E-state index >= 15 is 0 Å². The number of methoxy groups -OCH3 is 1. The lowest BCUT2D eigenvalue weighted by molar-refractivity contribution is -0.175. The number of aromatic nitrogens is 2. The SMILES string of the molecule is CCc1c2c(nc3ccc(OC)cc13)-c1cc3c(c(=O)n1C2)COC(=O)[C@]3(O)CCOC(C)=O. The number of cyclic esters (lactones) is 1. The molecule has 34 heavy (non-hydrogen) atoms. The number of carbonyl (C=O) groups is 2. The molecule has 9 heteroatoms. The average molecular weight is 464 g/mol. The van der Waals surface area contributed by atoms with Crippen LogP contribution in [0.4, 0.5) is 0 Å². The molecule has 4 heterocycles. The number of nitrogens with zero attached hydrogens (tertiary/aromatic N) is 2. The van der Waals surface area contributed by atoms with Gasteiger partial charge in [0.05, 0.1) is 42.7 Å². The second-order valence-corrected chi connectivity index (χ2v) is 8.49. The summed E-state index contributed by atoms with van der Waals surface area (Å²) in [4.78, 5) is 42.1. The molecule has 5 rings (SSSR count). The molecule has 2 aromatic heterocycles. The van der Waals surface area contributed by atoms with Gasteiger partial charge in [0.25, 0.3) is 5.56 Å². The number of hydrogen-bond acceptors (Lipinski definition) is 8. The molecule has 0 spiro atoms. The van der Waals surface area contributed by atoms with Gasteiger partial charge >= 0.3 is 11.9 Å². The maximum Gasteiger partial charge on any atom is 0.343 e. The van der Waals surface area contributed by atoms with Gasteiger partial charge in [-0.3, -0.25) is 9.59 Å². The van der Waals surface area contributed by atoms with E-state index in [-0.39, 0.29) is 36.3 Å². The Bertz CT molecular complexity index is 1430. The van der Waals surface area contributed by atoms with E-state index in [4.69, 9.17) is 19.2 Å². The van der Waals surface area contributed by atoms with Crippen LogP contribution in [0.2, 0.25) is 0 Å². The summed E-state index contributed by atoms with van der Waals surface area (Å²) in [6.07, 6.45) is 0.504. The number of aliphatic hydroxyl groups is 1. The van der Waals surface area contributed by atoms with Crippen LogP contribution in [0, 0.1) is 0 Å². The lowest BCUT2D eigenvalue weighted by Gasteiger charge is -2.32. The smallest absolute Gasteiger partial charge is 0.343 e. The molecule has 2 aliphatic rings. The third-order valence-corrected chi connectivity index (χ3v) is 6.62. The highest BCUT2D eigenvalue weighted by atomic mass is 16.6. The molecule has 0 saturated carbocycles. The fourth-order valence-corrected chi connectivity index (χ4v) is 4.92. The van der Waals surface area contributed by atoms with Gasteiger partial charge in [-0.2, -0.15) is 0 Å². The molecule has 0 fully saturated rings. The summed E-state index contributed by atoms with van der Waals surface area (Å²) >= 11 is 0. The first kappa shape index (κ1) is 22.1. The minimum absolute atomic E-state index is 0.176. The minimum Gasteiger partial charge on any atom is -0.497 e. The van der Waals surface area contributed by atoms with Gasteiger partial charge in [0.1, 0.15) is 12.4 Å². The van der Waals surface area contributed by atoms with Crippen molar-refractivity contribution in [1.29, 1.82) is 0 Å². The summed E-state index contributed by atoms with van der Waals surface area (Å²) < 4.78 is 17.1. The molecule has 1 atom stereocenters. The van der Waals surface area contributed by atoms with Crippen molar-refractivity contribution in [3.63, 3.8) is 0 Å². The van der Waals surface area contributed by atoms with E-state index in [9.17, 15) is 19.5 Å². The summed E-state index contributed by atoms with van der Waals surface area (Å²) in [5.41, 5.74) is 1.89. The molecule has 2 aliphatic heterocycles. The van der Waals surface area contributed by atoms with Gasteiger partial charge in [-0.15, -0.1) is 0 Å². The van der Waals surface area contributed by atoms with Crippen LogP contribution in [0.1, 0.15) is 42.5 Å². The van der Waals surface area contributed by atoms with Crippen molar-refractivity contribution >= 4 is 22.8 Å². The Kier molecular flexibility index (Phi) is 5.16. The second-order valence-electron chi connectivity index (χ2n) is 8.49. The summed E-state index contributed by atoms with van der Waals surface area (Å²) in [6.45, 7) is 3.20. The standard InChI is InChI=1S/C25H24N2O7/c1-4-15-16-9-14(32-3)5-6-20(16)26-22-17(15)11-27-21(22)10-19-18(23(27)29)12-34-24(30)25(19,31)7-8-33-13(2)28/h5-6,9-10,31H,4,7-8,11-12H2,1-3H3/t25-/m0/s1. The fourth-order valence-electron chi connectivity index (χ4n) is 4.92. The first-order chi connectivity index (χ1) is 16.3. The lowest BCUT2D eigenvalue weighted by atomic mass is 9.85. The number of fused-ring (bicyclic) bond motifs is 5. The zero-order valence-electron chi connectivity index (χ0n) is 19.1. The van der Waals surface area contributed by atoms with Gasteiger partial charge in [-0.25, -0.2) is 9.78 Å². The van der Waals surface area contributed by atoms with Gasteiger partial charge in [0.2, 0.25) is 0 Å². The predicted octanol–water partition coefficient (Wildman–Crippen LogP) is 2.19. The Morgan fingerprint density at radius 2 is 2.06 bits per heavy atom. The van der Waals surface area contributed by atoms with E-state index < -0.39 is 17.5 Å². The number of rotatable bonds is 5. The van der Waals surface area contributed by atoms with Crippen molar-refractivity contribution in [2.75, 3.05) is 13.7 Å². The molecule has 176 valence electrons. The van der Waals surface area contributed by atoms with E-state index in [0.29, 0.717) is 17.9 Å². The van der Waals surface area contributed by atoms with Crippen molar-refractivity contribution < 1.29 is 28.9 Å². The van der Waals surface area contributed by atoms with Gasteiger partial charge < -0.3 is 23.9 Å². The topological polar surface area (TPSA) is 117 Å². The molecule has 0 aliphatic carbocycles. The molecule has 0 amide bonds. The third kappa shape index (κ3) is 3.19. The number of pyridine rings is 2. The number of ether oxygens (including phenoxy) is 3. The van der Waals surface area contributed by atoms with E-state index in [1.807, 2.05) is 25.1 Å². The zero-order valence-corrected chi connectivity index (χ0v) is 19.1. The van der Waals surface area contributed by atoms with E-state index in [1.54, 1.807) is 17.7 Å². The third-order valence-electron chi connectivity index (χ3n) is 6.62. The molecule has 3 aromatic rings. The zero-order chi connectivity index (χ0) is 24.2. The van der Waals surface area contributed by atoms with E-state index in [1.165, 1.54) is 6.92 Å². The number of aryl methyl sites for hydroxylation is 1. The quantitative estimate of drug-likeness (QED) is 0.447. The molecular weight excluding hydrogens is 440 g/mol. The largest absolute Gasteiger partial charge is 0.497 e. The van der Waals surface area contributed by atoms with Crippen LogP contribution in [0.15, 0.2) is 29.1 Å². The maximum absolute atomic E-state index is 13.5. The van der Waals surface area contributed by atoms with Crippen molar-refractivity contribution in [2.24, 2.45) is 0 Å². The summed E-state index contributed by atoms with van der Waals surface area (Å²) in [5, 5.41) is 12.3. The van der Waals surface area contributed by atoms with E-state index in [2.05, 4.69) is 0 Å². The molecule has 9 nitrogen and oxygen atoms in total. The monoisotopic (exact) mass is 464 g/mol. The van der Waals surface area contributed by atoms with Crippen molar-refractivity contribution in [3.8, 4) is 17.1 Å². The first-order valence-electron chi connectivity index (χ1n) is 11.1. The minimum atomic E-state index is -2.10. The molecule has 0 unspecified atom stereocenters. The molecule has 0 bridgehead atoms. The Hall–Kier alpha value is -3.72. The van der Waals surface area contributed by atoms with Crippen LogP contribution in [-0.2, 0) is 44.2 Å². The molecular formula is C25H24N2O7. The molecule has 1 N–H and O–H groups in total. The van der Waals surface area contributed by atoms with Gasteiger partial charge in [0.15, 0.2) is 5.60 Å². The lowest BCUT2D eigenvalue weighted by Crippen LogP contribution is -2.45. The van der Waals surface area contributed by atoms with Crippen LogP contribution >= 0.6 is 0 Å². The normalized spacial score (nSPS) is 18.2. The Morgan fingerprint density at radius 3 is 2.76 bits per heavy atom. The van der Waals surface area contributed by atoms with Crippen molar-refractivity contribution in [2.45, 2.75) is 45.4 Å². The van der Waals surface area contributed by atoms with Gasteiger partial charge in [-0.1, -0.05) is 6.92 Å². The summed E-state index contributed by atoms with van der Waals surface area (Å²) in [6, 6.07) is 7.30. The summed E-state index contributed by atoms with van der Waals surface area (Å²) in [7, 11) is 1.61. The van der Waals surface area contributed by atoms with Crippen LogP contribution in [0.3, 0.4) is 0 Å². The van der Waals surface area contributed by atoms with Gasteiger partial charge in [0, 0.05) is 29.9 Å².